The molecule has 0 aliphatic heterocycles. The first-order valence-electron chi connectivity index (χ1n) is 9.96. The Morgan fingerprint density at radius 2 is 1.73 bits per heavy atom. The van der Waals surface area contributed by atoms with Crippen molar-refractivity contribution in [2.75, 3.05) is 0 Å². The third-order valence-electron chi connectivity index (χ3n) is 6.15. The first-order chi connectivity index (χ1) is 12.2. The Bertz CT molecular complexity index is 807. The summed E-state index contributed by atoms with van der Waals surface area (Å²) in [5.41, 5.74) is 7.68. The van der Waals surface area contributed by atoms with Crippen LogP contribution >= 0.6 is 0 Å². The third kappa shape index (κ3) is 3.39. The van der Waals surface area contributed by atoms with Crippen molar-refractivity contribution < 1.29 is 4.52 Å². The second-order valence-electron chi connectivity index (χ2n) is 9.35. The number of rotatable bonds is 4. The van der Waals surface area contributed by atoms with Crippen LogP contribution in [0.4, 0.5) is 0 Å². The number of aromatic nitrogens is 1. The fourth-order valence-electron chi connectivity index (χ4n) is 4.23. The van der Waals surface area contributed by atoms with Crippen molar-refractivity contribution in [1.82, 2.24) is 5.16 Å². The molecule has 26 heavy (non-hydrogen) atoms. The molecular weight excluding hydrogens is 318 g/mol. The van der Waals surface area contributed by atoms with E-state index in [0.717, 1.165) is 12.2 Å². The van der Waals surface area contributed by atoms with E-state index in [1.165, 1.54) is 40.7 Å². The molecule has 0 atom stereocenters. The summed E-state index contributed by atoms with van der Waals surface area (Å²) in [7, 11) is 0. The quantitative estimate of drug-likeness (QED) is 0.606. The van der Waals surface area contributed by atoms with Gasteiger partial charge in [-0.15, -0.1) is 0 Å². The van der Waals surface area contributed by atoms with Crippen molar-refractivity contribution in [3.8, 4) is 0 Å². The maximum absolute atomic E-state index is 5.37. The summed E-state index contributed by atoms with van der Waals surface area (Å²) in [5.74, 6) is 1.25. The average Bonchev–Trinajstić information content (AvgIpc) is 3.09. The van der Waals surface area contributed by atoms with E-state index in [1.807, 2.05) is 6.07 Å². The minimum Gasteiger partial charge on any atom is -0.357 e. The topological polar surface area (TPSA) is 26.0 Å². The standard InChI is InChI=1S/C24H33NO/c1-8-17-13-21-22(24(6,7)11-10-23(21,4)5)15-20(17)19(16(2)3)14-18-9-12-25-26-18/h9,12-16H,8,10-11H2,1-7H3. The minimum atomic E-state index is 0.222. The van der Waals surface area contributed by atoms with Crippen LogP contribution in [0, 0.1) is 5.92 Å². The van der Waals surface area contributed by atoms with E-state index >= 15 is 0 Å². The van der Waals surface area contributed by atoms with E-state index < -0.39 is 0 Å². The first-order valence-corrected chi connectivity index (χ1v) is 9.96. The summed E-state index contributed by atoms with van der Waals surface area (Å²) in [6, 6.07) is 6.90. The van der Waals surface area contributed by atoms with Gasteiger partial charge in [0.1, 0.15) is 0 Å². The van der Waals surface area contributed by atoms with Gasteiger partial charge in [0, 0.05) is 6.07 Å². The van der Waals surface area contributed by atoms with Gasteiger partial charge in [-0.05, 0) is 69.9 Å². The number of hydrogen-bond acceptors (Lipinski definition) is 2. The van der Waals surface area contributed by atoms with E-state index in [9.17, 15) is 0 Å². The second-order valence-corrected chi connectivity index (χ2v) is 9.35. The Kier molecular flexibility index (Phi) is 4.90. The Morgan fingerprint density at radius 3 is 2.23 bits per heavy atom. The lowest BCUT2D eigenvalue weighted by molar-refractivity contribution is 0.331. The molecule has 1 aliphatic carbocycles. The Morgan fingerprint density at radius 1 is 1.12 bits per heavy atom. The third-order valence-corrected chi connectivity index (χ3v) is 6.15. The van der Waals surface area contributed by atoms with E-state index in [4.69, 9.17) is 4.52 Å². The number of fused-ring (bicyclic) bond motifs is 1. The fourth-order valence-corrected chi connectivity index (χ4v) is 4.23. The van der Waals surface area contributed by atoms with Crippen molar-refractivity contribution in [2.45, 2.75) is 78.6 Å². The van der Waals surface area contributed by atoms with Crippen molar-refractivity contribution >= 4 is 11.6 Å². The minimum absolute atomic E-state index is 0.222. The van der Waals surface area contributed by atoms with Crippen molar-refractivity contribution in [2.24, 2.45) is 5.92 Å². The molecule has 0 saturated heterocycles. The summed E-state index contributed by atoms with van der Waals surface area (Å²) < 4.78 is 5.37. The van der Waals surface area contributed by atoms with Crippen LogP contribution in [0.25, 0.3) is 11.6 Å². The summed E-state index contributed by atoms with van der Waals surface area (Å²) >= 11 is 0. The molecule has 0 fully saturated rings. The molecule has 2 heteroatoms. The van der Waals surface area contributed by atoms with Gasteiger partial charge in [0.25, 0.3) is 0 Å². The van der Waals surface area contributed by atoms with E-state index in [1.54, 1.807) is 6.20 Å². The van der Waals surface area contributed by atoms with Gasteiger partial charge < -0.3 is 4.52 Å². The number of nitrogens with zero attached hydrogens (tertiary/aromatic N) is 1. The highest BCUT2D eigenvalue weighted by Gasteiger charge is 2.37. The lowest BCUT2D eigenvalue weighted by Crippen LogP contribution is -2.34. The van der Waals surface area contributed by atoms with Gasteiger partial charge in [-0.2, -0.15) is 0 Å². The van der Waals surface area contributed by atoms with Gasteiger partial charge in [0.15, 0.2) is 5.76 Å². The van der Waals surface area contributed by atoms with E-state index in [-0.39, 0.29) is 10.8 Å². The monoisotopic (exact) mass is 351 g/mol. The molecule has 0 radical (unpaired) electrons. The summed E-state index contributed by atoms with van der Waals surface area (Å²) in [6.07, 6.45) is 7.41. The highest BCUT2D eigenvalue weighted by Crippen LogP contribution is 2.47. The maximum atomic E-state index is 5.37. The molecule has 140 valence electrons. The van der Waals surface area contributed by atoms with E-state index in [0.29, 0.717) is 5.92 Å². The Hall–Kier alpha value is -1.83. The molecule has 0 unspecified atom stereocenters. The largest absolute Gasteiger partial charge is 0.357 e. The zero-order chi connectivity index (χ0) is 19.1. The van der Waals surface area contributed by atoms with Gasteiger partial charge in [-0.3, -0.25) is 0 Å². The number of aryl methyl sites for hydroxylation is 1. The highest BCUT2D eigenvalue weighted by atomic mass is 16.5. The van der Waals surface area contributed by atoms with Crippen molar-refractivity contribution in [1.29, 1.82) is 0 Å². The zero-order valence-electron chi connectivity index (χ0n) is 17.4. The smallest absolute Gasteiger partial charge is 0.159 e. The van der Waals surface area contributed by atoms with Gasteiger partial charge in [-0.25, -0.2) is 0 Å². The predicted octanol–water partition coefficient (Wildman–Crippen LogP) is 6.78. The van der Waals surface area contributed by atoms with Gasteiger partial charge in [-0.1, -0.05) is 65.8 Å². The first kappa shape index (κ1) is 18.9. The summed E-state index contributed by atoms with van der Waals surface area (Å²) in [6.45, 7) is 16.4. The van der Waals surface area contributed by atoms with Gasteiger partial charge in [0.2, 0.25) is 0 Å². The van der Waals surface area contributed by atoms with Crippen LogP contribution in [-0.2, 0) is 17.3 Å². The lowest BCUT2D eigenvalue weighted by atomic mass is 9.62. The maximum Gasteiger partial charge on any atom is 0.159 e. The van der Waals surface area contributed by atoms with E-state index in [2.05, 4.69) is 71.8 Å². The summed E-state index contributed by atoms with van der Waals surface area (Å²) in [5, 5.41) is 3.86. The SMILES string of the molecule is CCc1cc2c(cc1C(=Cc1ccno1)C(C)C)C(C)(C)CCC2(C)C. The number of allylic oxidation sites excluding steroid dienone is 1. The number of hydrogen-bond donors (Lipinski definition) is 0. The van der Waals surface area contributed by atoms with Crippen LogP contribution in [0.5, 0.6) is 0 Å². The molecule has 2 nitrogen and oxygen atoms in total. The second kappa shape index (κ2) is 6.72. The molecule has 0 amide bonds. The molecule has 2 aromatic rings. The fraction of sp³-hybridized carbons (Fsp3) is 0.542. The van der Waals surface area contributed by atoms with Crippen molar-refractivity contribution in [3.05, 3.63) is 52.4 Å². The van der Waals surface area contributed by atoms with Crippen LogP contribution in [0.2, 0.25) is 0 Å². The molecule has 1 aromatic carbocycles. The molecule has 0 N–H and O–H groups in total. The van der Waals surface area contributed by atoms with Crippen LogP contribution in [0.1, 0.15) is 89.3 Å². The molecule has 1 heterocycles. The zero-order valence-corrected chi connectivity index (χ0v) is 17.4. The lowest BCUT2D eigenvalue weighted by Gasteiger charge is -2.42. The van der Waals surface area contributed by atoms with Crippen molar-refractivity contribution in [3.63, 3.8) is 0 Å². The Labute approximate surface area is 158 Å². The van der Waals surface area contributed by atoms with Crippen LogP contribution in [-0.4, -0.2) is 5.16 Å². The van der Waals surface area contributed by atoms with Crippen LogP contribution in [0.3, 0.4) is 0 Å². The van der Waals surface area contributed by atoms with Crippen LogP contribution < -0.4 is 0 Å². The molecule has 0 spiro atoms. The summed E-state index contributed by atoms with van der Waals surface area (Å²) in [4.78, 5) is 0. The molecule has 3 rings (SSSR count). The van der Waals surface area contributed by atoms with Gasteiger partial charge in [0.05, 0.1) is 6.20 Å². The number of benzene rings is 1. The molecular formula is C24H33NO. The molecule has 1 aromatic heterocycles. The van der Waals surface area contributed by atoms with Crippen LogP contribution in [0.15, 0.2) is 28.9 Å². The van der Waals surface area contributed by atoms with Gasteiger partial charge >= 0.3 is 0 Å². The average molecular weight is 352 g/mol. The normalized spacial score (nSPS) is 18.8. The Balaban J connectivity index is 2.24. The predicted molar refractivity (Wildman–Crippen MR) is 110 cm³/mol. The highest BCUT2D eigenvalue weighted by molar-refractivity contribution is 5.83. The molecule has 1 aliphatic rings. The molecule has 0 saturated carbocycles. The molecule has 0 bridgehead atoms.